The van der Waals surface area contributed by atoms with Crippen LogP contribution in [0.3, 0.4) is 0 Å². The molecule has 1 amide bonds. The zero-order chi connectivity index (χ0) is 17.7. The number of sulfonamides is 1. The van der Waals surface area contributed by atoms with Gasteiger partial charge in [0.2, 0.25) is 10.0 Å². The average molecular weight is 377 g/mol. The van der Waals surface area contributed by atoms with Gasteiger partial charge in [0.1, 0.15) is 4.90 Å². The molecule has 0 spiro atoms. The molecule has 10 heteroatoms. The highest BCUT2D eigenvalue weighted by Crippen LogP contribution is 2.23. The molecule has 1 aromatic rings. The zero-order valence-corrected chi connectivity index (χ0v) is 14.2. The lowest BCUT2D eigenvalue weighted by Crippen LogP contribution is -2.32. The van der Waals surface area contributed by atoms with Crippen molar-refractivity contribution >= 4 is 33.5 Å². The molecule has 1 fully saturated rings. The van der Waals surface area contributed by atoms with Crippen LogP contribution in [0.25, 0.3) is 0 Å². The van der Waals surface area contributed by atoms with Gasteiger partial charge in [-0.1, -0.05) is 11.6 Å². The zero-order valence-electron chi connectivity index (χ0n) is 12.7. The van der Waals surface area contributed by atoms with Crippen LogP contribution in [0.4, 0.5) is 0 Å². The van der Waals surface area contributed by atoms with Gasteiger partial charge in [-0.15, -0.1) is 0 Å². The number of amides is 1. The summed E-state index contributed by atoms with van der Waals surface area (Å²) in [6, 6.07) is 3.65. The molecule has 1 aromatic carbocycles. The summed E-state index contributed by atoms with van der Waals surface area (Å²) in [4.78, 5) is 22.2. The van der Waals surface area contributed by atoms with Crippen molar-refractivity contribution in [1.82, 2.24) is 4.72 Å². The van der Waals surface area contributed by atoms with Crippen LogP contribution < -0.4 is 10.5 Å². The van der Waals surface area contributed by atoms with E-state index in [4.69, 9.17) is 22.1 Å². The highest BCUT2D eigenvalue weighted by Gasteiger charge is 2.23. The molecule has 132 valence electrons. The molecule has 1 aliphatic rings. The third-order valence-electron chi connectivity index (χ3n) is 3.33. The predicted molar refractivity (Wildman–Crippen MR) is 85.1 cm³/mol. The Morgan fingerprint density at radius 1 is 1.42 bits per heavy atom. The Labute approximate surface area is 144 Å². The van der Waals surface area contributed by atoms with E-state index in [1.54, 1.807) is 0 Å². The van der Waals surface area contributed by atoms with Gasteiger partial charge in [-0.2, -0.15) is 0 Å². The molecule has 0 unspecified atom stereocenters. The third kappa shape index (κ3) is 4.91. The van der Waals surface area contributed by atoms with E-state index in [9.17, 15) is 18.0 Å². The molecule has 0 aliphatic carbocycles. The lowest BCUT2D eigenvalue weighted by molar-refractivity contribution is -0.121. The number of carbonyl (C=O) groups excluding carboxylic acids is 2. The fourth-order valence-electron chi connectivity index (χ4n) is 2.14. The van der Waals surface area contributed by atoms with Crippen LogP contribution in [-0.2, 0) is 24.3 Å². The van der Waals surface area contributed by atoms with Crippen LogP contribution in [-0.4, -0.2) is 46.2 Å². The van der Waals surface area contributed by atoms with Crippen LogP contribution >= 0.6 is 11.6 Å². The van der Waals surface area contributed by atoms with Crippen molar-refractivity contribution in [2.75, 3.05) is 19.8 Å². The summed E-state index contributed by atoms with van der Waals surface area (Å²) in [7, 11) is -3.93. The third-order valence-corrected chi connectivity index (χ3v) is 5.23. The van der Waals surface area contributed by atoms with E-state index in [0.717, 1.165) is 18.9 Å². The summed E-state index contributed by atoms with van der Waals surface area (Å²) in [5.74, 6) is -1.69. The number of primary amides is 1. The fourth-order valence-corrected chi connectivity index (χ4v) is 3.73. The summed E-state index contributed by atoms with van der Waals surface area (Å²) in [5.41, 5.74) is 4.83. The lowest BCUT2D eigenvalue weighted by atomic mass is 10.2. The topological polar surface area (TPSA) is 125 Å². The molecule has 0 radical (unpaired) electrons. The van der Waals surface area contributed by atoms with Gasteiger partial charge >= 0.3 is 5.97 Å². The number of nitrogens with two attached hydrogens (primary N) is 1. The Morgan fingerprint density at radius 2 is 2.17 bits per heavy atom. The molecule has 3 N–H and O–H groups in total. The number of halogens is 1. The summed E-state index contributed by atoms with van der Waals surface area (Å²) in [6.45, 7) is 0.129. The van der Waals surface area contributed by atoms with Crippen LogP contribution in [0, 0.1) is 0 Å². The molecular formula is C14H17ClN2O6S. The molecule has 8 nitrogen and oxygen atoms in total. The quantitative estimate of drug-likeness (QED) is 0.665. The first-order valence-corrected chi connectivity index (χ1v) is 9.02. The van der Waals surface area contributed by atoms with Crippen LogP contribution in [0.1, 0.15) is 23.2 Å². The minimum atomic E-state index is -3.93. The number of hydrogen-bond acceptors (Lipinski definition) is 6. The first-order valence-electron chi connectivity index (χ1n) is 7.16. The van der Waals surface area contributed by atoms with Gasteiger partial charge in [-0.25, -0.2) is 17.9 Å². The molecule has 1 atom stereocenters. The van der Waals surface area contributed by atoms with Gasteiger partial charge in [0, 0.05) is 13.2 Å². The van der Waals surface area contributed by atoms with Gasteiger partial charge in [0.15, 0.2) is 6.61 Å². The van der Waals surface area contributed by atoms with E-state index in [0.29, 0.717) is 6.61 Å². The predicted octanol–water partition coefficient (Wildman–Crippen LogP) is 0.439. The van der Waals surface area contributed by atoms with Gasteiger partial charge in [0.25, 0.3) is 5.91 Å². The minimum Gasteiger partial charge on any atom is -0.452 e. The summed E-state index contributed by atoms with van der Waals surface area (Å²) < 4.78 is 37.2. The first kappa shape index (κ1) is 18.7. The maximum absolute atomic E-state index is 12.4. The van der Waals surface area contributed by atoms with E-state index < -0.39 is 28.5 Å². The average Bonchev–Trinajstić information content (AvgIpc) is 3.04. The standard InChI is InChI=1S/C14H17ClN2O6S/c15-11-4-3-9(14(19)23-8-13(16)18)6-12(11)24(20,21)17-7-10-2-1-5-22-10/h3-4,6,10,17H,1-2,5,7-8H2,(H2,16,18)/t10-/m0/s1. The van der Waals surface area contributed by atoms with Gasteiger partial charge < -0.3 is 15.2 Å². The number of hydrogen-bond donors (Lipinski definition) is 2. The van der Waals surface area contributed by atoms with Crippen molar-refractivity contribution in [3.63, 3.8) is 0 Å². The van der Waals surface area contributed by atoms with Crippen molar-refractivity contribution < 1.29 is 27.5 Å². The van der Waals surface area contributed by atoms with E-state index in [2.05, 4.69) is 9.46 Å². The van der Waals surface area contributed by atoms with Crippen molar-refractivity contribution in [2.24, 2.45) is 5.73 Å². The molecule has 0 aromatic heterocycles. The Bertz CT molecular complexity index is 731. The first-order chi connectivity index (χ1) is 11.3. The van der Waals surface area contributed by atoms with Crippen LogP contribution in [0.15, 0.2) is 23.1 Å². The lowest BCUT2D eigenvalue weighted by Gasteiger charge is -2.13. The van der Waals surface area contributed by atoms with Crippen molar-refractivity contribution in [3.8, 4) is 0 Å². The molecular weight excluding hydrogens is 360 g/mol. The van der Waals surface area contributed by atoms with Gasteiger partial charge in [-0.05, 0) is 31.0 Å². The Hall–Kier alpha value is -1.68. The summed E-state index contributed by atoms with van der Waals surface area (Å²) in [5, 5.41) is -0.0405. The normalized spacial score (nSPS) is 17.6. The number of nitrogens with one attached hydrogen (secondary N) is 1. The minimum absolute atomic E-state index is 0.0405. The maximum atomic E-state index is 12.4. The second-order valence-electron chi connectivity index (χ2n) is 5.17. The SMILES string of the molecule is NC(=O)COC(=O)c1ccc(Cl)c(S(=O)(=O)NC[C@@H]2CCCO2)c1. The summed E-state index contributed by atoms with van der Waals surface area (Å²) >= 11 is 5.93. The van der Waals surface area contributed by atoms with Gasteiger partial charge in [-0.3, -0.25) is 4.79 Å². The van der Waals surface area contributed by atoms with Crippen LogP contribution in [0.2, 0.25) is 5.02 Å². The Kier molecular flexibility index (Phi) is 6.16. The molecule has 24 heavy (non-hydrogen) atoms. The van der Waals surface area contributed by atoms with Crippen LogP contribution in [0.5, 0.6) is 0 Å². The second kappa shape index (κ2) is 7.93. The number of rotatable bonds is 7. The largest absolute Gasteiger partial charge is 0.452 e. The highest BCUT2D eigenvalue weighted by atomic mass is 35.5. The molecule has 2 rings (SSSR count). The summed E-state index contributed by atoms with van der Waals surface area (Å²) in [6.07, 6.45) is 1.48. The van der Waals surface area contributed by atoms with Crippen molar-refractivity contribution in [1.29, 1.82) is 0 Å². The molecule has 0 saturated carbocycles. The molecule has 1 heterocycles. The molecule has 0 bridgehead atoms. The number of esters is 1. The number of ether oxygens (including phenoxy) is 2. The van der Waals surface area contributed by atoms with E-state index in [1.807, 2.05) is 0 Å². The van der Waals surface area contributed by atoms with E-state index in [-0.39, 0.29) is 28.1 Å². The van der Waals surface area contributed by atoms with Gasteiger partial charge in [0.05, 0.1) is 16.7 Å². The monoisotopic (exact) mass is 376 g/mol. The number of benzene rings is 1. The molecule has 1 aliphatic heterocycles. The smallest absolute Gasteiger partial charge is 0.338 e. The fraction of sp³-hybridized carbons (Fsp3) is 0.429. The van der Waals surface area contributed by atoms with Crippen molar-refractivity contribution in [2.45, 2.75) is 23.8 Å². The van der Waals surface area contributed by atoms with E-state index >= 15 is 0 Å². The number of carbonyl (C=O) groups is 2. The Balaban J connectivity index is 2.14. The van der Waals surface area contributed by atoms with Crippen molar-refractivity contribution in [3.05, 3.63) is 28.8 Å². The maximum Gasteiger partial charge on any atom is 0.338 e. The van der Waals surface area contributed by atoms with E-state index in [1.165, 1.54) is 12.1 Å². The highest BCUT2D eigenvalue weighted by molar-refractivity contribution is 7.89. The Morgan fingerprint density at radius 3 is 2.79 bits per heavy atom. The second-order valence-corrected chi connectivity index (χ2v) is 7.32. The molecule has 1 saturated heterocycles.